The van der Waals surface area contributed by atoms with Crippen molar-refractivity contribution in [3.05, 3.63) is 58.5 Å². The molecule has 0 amide bonds. The molecule has 1 aromatic carbocycles. The van der Waals surface area contributed by atoms with E-state index in [-0.39, 0.29) is 5.78 Å². The zero-order chi connectivity index (χ0) is 13.0. The van der Waals surface area contributed by atoms with Gasteiger partial charge >= 0.3 is 0 Å². The summed E-state index contributed by atoms with van der Waals surface area (Å²) >= 11 is 3.35. The zero-order valence-electron chi connectivity index (χ0n) is 10.1. The van der Waals surface area contributed by atoms with Crippen LogP contribution >= 0.6 is 15.9 Å². The number of rotatable bonds is 5. The van der Waals surface area contributed by atoms with E-state index in [4.69, 9.17) is 4.42 Å². The molecule has 0 spiro atoms. The molecule has 0 bridgehead atoms. The number of hydrogen-bond acceptors (Lipinski definition) is 3. The van der Waals surface area contributed by atoms with Crippen molar-refractivity contribution in [3.63, 3.8) is 0 Å². The van der Waals surface area contributed by atoms with Crippen molar-refractivity contribution in [1.29, 1.82) is 0 Å². The van der Waals surface area contributed by atoms with Crippen LogP contribution in [-0.2, 0) is 6.54 Å². The van der Waals surface area contributed by atoms with Gasteiger partial charge in [-0.2, -0.15) is 0 Å². The molecule has 0 radical (unpaired) electrons. The first-order chi connectivity index (χ1) is 8.65. The number of carbonyl (C=O) groups is 1. The summed E-state index contributed by atoms with van der Waals surface area (Å²) in [6, 6.07) is 11.2. The third kappa shape index (κ3) is 3.55. The van der Waals surface area contributed by atoms with Crippen LogP contribution in [0.2, 0.25) is 0 Å². The molecule has 3 nitrogen and oxygen atoms in total. The number of nitrogens with zero attached hydrogens (tertiary/aromatic N) is 1. The minimum atomic E-state index is 0.108. The number of Topliss-reactive ketones (excluding diaryl/α,β-unsaturated/α-hetero) is 1. The fourth-order valence-electron chi connectivity index (χ4n) is 1.70. The highest BCUT2D eigenvalue weighted by atomic mass is 79.9. The zero-order valence-corrected chi connectivity index (χ0v) is 11.7. The Kier molecular flexibility index (Phi) is 4.33. The normalized spacial score (nSPS) is 10.8. The maximum absolute atomic E-state index is 12.0. The van der Waals surface area contributed by atoms with Gasteiger partial charge in [0.2, 0.25) is 0 Å². The molecule has 0 N–H and O–H groups in total. The lowest BCUT2D eigenvalue weighted by Crippen LogP contribution is -2.25. The SMILES string of the molecule is CN(CC(=O)c1ccc(Br)cc1)Cc1ccco1. The first-order valence-corrected chi connectivity index (χ1v) is 6.44. The molecule has 4 heteroatoms. The Hall–Kier alpha value is -1.39. The fourth-order valence-corrected chi connectivity index (χ4v) is 1.96. The van der Waals surface area contributed by atoms with Crippen LogP contribution in [0.3, 0.4) is 0 Å². The molecule has 94 valence electrons. The Bertz CT molecular complexity index is 505. The highest BCUT2D eigenvalue weighted by Crippen LogP contribution is 2.12. The molecule has 0 aliphatic rings. The Morgan fingerprint density at radius 2 is 2.00 bits per heavy atom. The molecule has 1 heterocycles. The molecule has 0 atom stereocenters. The lowest BCUT2D eigenvalue weighted by molar-refractivity contribution is 0.0939. The summed E-state index contributed by atoms with van der Waals surface area (Å²) in [5.41, 5.74) is 0.726. The molecule has 0 saturated heterocycles. The van der Waals surface area contributed by atoms with Gasteiger partial charge < -0.3 is 4.42 Å². The summed E-state index contributed by atoms with van der Waals surface area (Å²) in [6.45, 7) is 1.01. The van der Waals surface area contributed by atoms with Crippen molar-refractivity contribution in [2.45, 2.75) is 6.54 Å². The van der Waals surface area contributed by atoms with Gasteiger partial charge in [0.05, 0.1) is 19.4 Å². The molecule has 0 aliphatic carbocycles. The van der Waals surface area contributed by atoms with Gasteiger partial charge in [-0.1, -0.05) is 28.1 Å². The summed E-state index contributed by atoms with van der Waals surface area (Å²) in [5.74, 6) is 0.970. The number of ketones is 1. The van der Waals surface area contributed by atoms with E-state index in [1.54, 1.807) is 6.26 Å². The van der Waals surface area contributed by atoms with Gasteiger partial charge in [0, 0.05) is 10.0 Å². The molecule has 2 rings (SSSR count). The average Bonchev–Trinajstić information content (AvgIpc) is 2.82. The second-order valence-electron chi connectivity index (χ2n) is 4.18. The monoisotopic (exact) mass is 307 g/mol. The highest BCUT2D eigenvalue weighted by molar-refractivity contribution is 9.10. The van der Waals surface area contributed by atoms with E-state index in [1.807, 2.05) is 48.3 Å². The maximum atomic E-state index is 12.0. The molecule has 1 aromatic heterocycles. The van der Waals surface area contributed by atoms with E-state index in [1.165, 1.54) is 0 Å². The number of carbonyl (C=O) groups excluding carboxylic acids is 1. The van der Waals surface area contributed by atoms with Crippen molar-refractivity contribution >= 4 is 21.7 Å². The van der Waals surface area contributed by atoms with Crippen LogP contribution in [-0.4, -0.2) is 24.3 Å². The van der Waals surface area contributed by atoms with Crippen LogP contribution in [0.4, 0.5) is 0 Å². The molecule has 2 aromatic rings. The molecule has 0 aliphatic heterocycles. The van der Waals surface area contributed by atoms with Gasteiger partial charge in [0.25, 0.3) is 0 Å². The smallest absolute Gasteiger partial charge is 0.176 e. The summed E-state index contributed by atoms with van der Waals surface area (Å²) < 4.78 is 6.22. The molecule has 0 saturated carbocycles. The topological polar surface area (TPSA) is 33.5 Å². The van der Waals surface area contributed by atoms with Gasteiger partial charge in [-0.3, -0.25) is 9.69 Å². The van der Waals surface area contributed by atoms with Gasteiger partial charge in [-0.05, 0) is 31.3 Å². The van der Waals surface area contributed by atoms with Crippen LogP contribution in [0.5, 0.6) is 0 Å². The number of hydrogen-bond donors (Lipinski definition) is 0. The molecular formula is C14H14BrNO2. The van der Waals surface area contributed by atoms with E-state index >= 15 is 0 Å². The third-order valence-electron chi connectivity index (χ3n) is 2.59. The number of halogens is 1. The van der Waals surface area contributed by atoms with E-state index in [2.05, 4.69) is 15.9 Å². The first kappa shape index (κ1) is 13.1. The number of likely N-dealkylation sites (N-methyl/N-ethyl adjacent to an activating group) is 1. The fraction of sp³-hybridized carbons (Fsp3) is 0.214. The molecule has 18 heavy (non-hydrogen) atoms. The predicted octanol–water partition coefficient (Wildman–Crippen LogP) is 3.36. The second-order valence-corrected chi connectivity index (χ2v) is 5.10. The minimum Gasteiger partial charge on any atom is -0.468 e. The number of benzene rings is 1. The third-order valence-corrected chi connectivity index (χ3v) is 3.11. The largest absolute Gasteiger partial charge is 0.468 e. The van der Waals surface area contributed by atoms with Crippen molar-refractivity contribution in [3.8, 4) is 0 Å². The van der Waals surface area contributed by atoms with Crippen LogP contribution in [0.25, 0.3) is 0 Å². The Balaban J connectivity index is 1.92. The quantitative estimate of drug-likeness (QED) is 0.794. The first-order valence-electron chi connectivity index (χ1n) is 5.65. The van der Waals surface area contributed by atoms with Crippen molar-refractivity contribution in [2.75, 3.05) is 13.6 Å². The average molecular weight is 308 g/mol. The van der Waals surface area contributed by atoms with Gasteiger partial charge in [-0.25, -0.2) is 0 Å². The standard InChI is InChI=1S/C14H14BrNO2/c1-16(9-13-3-2-8-18-13)10-14(17)11-4-6-12(15)7-5-11/h2-8H,9-10H2,1H3. The molecule has 0 unspecified atom stereocenters. The van der Waals surface area contributed by atoms with E-state index in [0.29, 0.717) is 13.1 Å². The van der Waals surface area contributed by atoms with Crippen molar-refractivity contribution in [1.82, 2.24) is 4.90 Å². The van der Waals surface area contributed by atoms with Crippen LogP contribution in [0.1, 0.15) is 16.1 Å². The van der Waals surface area contributed by atoms with Crippen LogP contribution in [0.15, 0.2) is 51.6 Å². The predicted molar refractivity (Wildman–Crippen MR) is 73.5 cm³/mol. The summed E-state index contributed by atoms with van der Waals surface area (Å²) in [7, 11) is 1.90. The van der Waals surface area contributed by atoms with Gasteiger partial charge in [-0.15, -0.1) is 0 Å². The summed E-state index contributed by atoms with van der Waals surface area (Å²) in [6.07, 6.45) is 1.64. The summed E-state index contributed by atoms with van der Waals surface area (Å²) in [5, 5.41) is 0. The highest BCUT2D eigenvalue weighted by Gasteiger charge is 2.10. The minimum absolute atomic E-state index is 0.108. The Labute approximate surface area is 115 Å². The van der Waals surface area contributed by atoms with Gasteiger partial charge in [0.1, 0.15) is 5.76 Å². The lowest BCUT2D eigenvalue weighted by atomic mass is 10.1. The van der Waals surface area contributed by atoms with E-state index < -0.39 is 0 Å². The van der Waals surface area contributed by atoms with Gasteiger partial charge in [0.15, 0.2) is 5.78 Å². The molecular weight excluding hydrogens is 294 g/mol. The second kappa shape index (κ2) is 5.98. The van der Waals surface area contributed by atoms with Crippen molar-refractivity contribution in [2.24, 2.45) is 0 Å². The van der Waals surface area contributed by atoms with Crippen molar-refractivity contribution < 1.29 is 9.21 Å². The number of furan rings is 1. The van der Waals surface area contributed by atoms with E-state index in [9.17, 15) is 4.79 Å². The Morgan fingerprint density at radius 3 is 2.61 bits per heavy atom. The lowest BCUT2D eigenvalue weighted by Gasteiger charge is -2.14. The maximum Gasteiger partial charge on any atom is 0.176 e. The molecule has 0 fully saturated rings. The van der Waals surface area contributed by atoms with E-state index in [0.717, 1.165) is 15.8 Å². The van der Waals surface area contributed by atoms with Crippen LogP contribution in [0, 0.1) is 0 Å². The van der Waals surface area contributed by atoms with Crippen LogP contribution < -0.4 is 0 Å². The summed E-state index contributed by atoms with van der Waals surface area (Å²) in [4.78, 5) is 13.9. The Morgan fingerprint density at radius 1 is 1.28 bits per heavy atom.